The van der Waals surface area contributed by atoms with Crippen molar-refractivity contribution in [2.45, 2.75) is 48.4 Å². The van der Waals surface area contributed by atoms with Crippen LogP contribution in [0.5, 0.6) is 0 Å². The summed E-state index contributed by atoms with van der Waals surface area (Å²) < 4.78 is 5.78. The minimum absolute atomic E-state index is 0.232. The normalized spacial score (nSPS) is 19.8. The largest absolute Gasteiger partial charge is 0.389 e. The Balaban J connectivity index is 1.42. The molecule has 144 valence electrons. The van der Waals surface area contributed by atoms with Crippen LogP contribution >= 0.6 is 11.8 Å². The van der Waals surface area contributed by atoms with Gasteiger partial charge >= 0.3 is 0 Å². The lowest BCUT2D eigenvalue weighted by atomic mass is 10.3. The molecule has 5 nitrogen and oxygen atoms in total. The number of hydrogen-bond acceptors (Lipinski definition) is 4. The SMILES string of the molecule is CCNC(=NCC1(Sc2ccccc2)CC1)NCC(O)COCC1CC1. The molecule has 2 saturated carbocycles. The van der Waals surface area contributed by atoms with Gasteiger partial charge in [-0.05, 0) is 50.7 Å². The summed E-state index contributed by atoms with van der Waals surface area (Å²) in [6.45, 7) is 5.27. The van der Waals surface area contributed by atoms with E-state index in [1.807, 2.05) is 11.8 Å². The Morgan fingerprint density at radius 3 is 2.73 bits per heavy atom. The number of nitrogens with zero attached hydrogens (tertiary/aromatic N) is 1. The molecule has 2 fully saturated rings. The zero-order valence-electron chi connectivity index (χ0n) is 15.6. The zero-order valence-corrected chi connectivity index (χ0v) is 16.4. The van der Waals surface area contributed by atoms with Crippen molar-refractivity contribution in [2.24, 2.45) is 10.9 Å². The van der Waals surface area contributed by atoms with Gasteiger partial charge in [0, 0.05) is 29.3 Å². The van der Waals surface area contributed by atoms with Crippen molar-refractivity contribution >= 4 is 17.7 Å². The van der Waals surface area contributed by atoms with Crippen molar-refractivity contribution in [3.63, 3.8) is 0 Å². The van der Waals surface area contributed by atoms with Gasteiger partial charge in [0.25, 0.3) is 0 Å². The Morgan fingerprint density at radius 1 is 1.31 bits per heavy atom. The highest BCUT2D eigenvalue weighted by atomic mass is 32.2. The molecule has 0 aliphatic heterocycles. The standard InChI is InChI=1S/C20H31N3O2S/c1-2-21-19(22-12-17(24)14-25-13-16-8-9-16)23-15-20(10-11-20)26-18-6-4-3-5-7-18/h3-7,16-17,24H,2,8-15H2,1H3,(H2,21,22,23). The summed E-state index contributed by atoms with van der Waals surface area (Å²) in [7, 11) is 0. The van der Waals surface area contributed by atoms with Crippen LogP contribution in [0.15, 0.2) is 40.2 Å². The lowest BCUT2D eigenvalue weighted by molar-refractivity contribution is 0.0345. The Hall–Kier alpha value is -1.24. The molecule has 6 heteroatoms. The minimum Gasteiger partial charge on any atom is -0.389 e. The van der Waals surface area contributed by atoms with Crippen LogP contribution in [0.2, 0.25) is 0 Å². The highest BCUT2D eigenvalue weighted by Crippen LogP contribution is 2.51. The van der Waals surface area contributed by atoms with Crippen molar-refractivity contribution < 1.29 is 9.84 Å². The number of rotatable bonds is 11. The zero-order chi connectivity index (χ0) is 18.2. The first-order chi connectivity index (χ1) is 12.7. The molecular weight excluding hydrogens is 346 g/mol. The molecule has 0 aromatic heterocycles. The van der Waals surface area contributed by atoms with Gasteiger partial charge in [0.05, 0.1) is 19.3 Å². The fourth-order valence-electron chi connectivity index (χ4n) is 2.66. The van der Waals surface area contributed by atoms with Crippen LogP contribution in [0.3, 0.4) is 0 Å². The molecule has 26 heavy (non-hydrogen) atoms. The molecule has 3 rings (SSSR count). The van der Waals surface area contributed by atoms with Crippen molar-refractivity contribution in [3.05, 3.63) is 30.3 Å². The van der Waals surface area contributed by atoms with Gasteiger partial charge in [-0.15, -0.1) is 11.8 Å². The minimum atomic E-state index is -0.508. The highest BCUT2D eigenvalue weighted by molar-refractivity contribution is 8.01. The number of nitrogens with one attached hydrogen (secondary N) is 2. The van der Waals surface area contributed by atoms with E-state index < -0.39 is 6.10 Å². The van der Waals surface area contributed by atoms with E-state index in [4.69, 9.17) is 9.73 Å². The number of ether oxygens (including phenoxy) is 1. The molecule has 0 radical (unpaired) electrons. The van der Waals surface area contributed by atoms with E-state index in [2.05, 4.69) is 47.9 Å². The number of hydrogen-bond donors (Lipinski definition) is 3. The summed E-state index contributed by atoms with van der Waals surface area (Å²) in [5, 5.41) is 16.6. The molecule has 0 saturated heterocycles. The van der Waals surface area contributed by atoms with Crippen molar-refractivity contribution in [2.75, 3.05) is 32.8 Å². The van der Waals surface area contributed by atoms with Crippen molar-refractivity contribution in [1.82, 2.24) is 10.6 Å². The second kappa shape index (κ2) is 9.62. The van der Waals surface area contributed by atoms with E-state index in [9.17, 15) is 5.11 Å². The molecule has 1 unspecified atom stereocenters. The molecule has 3 N–H and O–H groups in total. The van der Waals surface area contributed by atoms with Crippen molar-refractivity contribution in [1.29, 1.82) is 0 Å². The summed E-state index contributed by atoms with van der Waals surface area (Å²) in [4.78, 5) is 6.06. The lowest BCUT2D eigenvalue weighted by Gasteiger charge is -2.17. The van der Waals surface area contributed by atoms with E-state index in [-0.39, 0.29) is 4.75 Å². The molecule has 0 amide bonds. The molecule has 1 atom stereocenters. The van der Waals surface area contributed by atoms with Gasteiger partial charge in [-0.2, -0.15) is 0 Å². The summed E-state index contributed by atoms with van der Waals surface area (Å²) in [5.41, 5.74) is 0. The van der Waals surface area contributed by atoms with Crippen LogP contribution in [0.1, 0.15) is 32.6 Å². The van der Waals surface area contributed by atoms with Crippen LogP contribution in [0.4, 0.5) is 0 Å². The average Bonchev–Trinajstić information content (AvgIpc) is 3.56. The van der Waals surface area contributed by atoms with Gasteiger partial charge in [-0.25, -0.2) is 0 Å². The lowest BCUT2D eigenvalue weighted by Crippen LogP contribution is -2.42. The first kappa shape index (κ1) is 19.5. The molecular formula is C20H31N3O2S. The Labute approximate surface area is 161 Å². The average molecular weight is 378 g/mol. The fraction of sp³-hybridized carbons (Fsp3) is 0.650. The van der Waals surface area contributed by atoms with Crippen LogP contribution in [0, 0.1) is 5.92 Å². The highest BCUT2D eigenvalue weighted by Gasteiger charge is 2.43. The third-order valence-electron chi connectivity index (χ3n) is 4.62. The van der Waals surface area contributed by atoms with E-state index in [1.54, 1.807) is 0 Å². The summed E-state index contributed by atoms with van der Waals surface area (Å²) in [6, 6.07) is 10.5. The van der Waals surface area contributed by atoms with Crippen molar-refractivity contribution in [3.8, 4) is 0 Å². The Morgan fingerprint density at radius 2 is 2.08 bits per heavy atom. The first-order valence-electron chi connectivity index (χ1n) is 9.71. The number of thioether (sulfide) groups is 1. The smallest absolute Gasteiger partial charge is 0.191 e. The molecule has 2 aliphatic rings. The van der Waals surface area contributed by atoms with Crippen LogP contribution in [0.25, 0.3) is 0 Å². The van der Waals surface area contributed by atoms with Gasteiger partial charge in [0.15, 0.2) is 5.96 Å². The van der Waals surface area contributed by atoms with E-state index in [0.717, 1.165) is 31.6 Å². The number of aliphatic imine (C=N–C) groups is 1. The third-order valence-corrected chi connectivity index (χ3v) is 6.10. The Kier molecular flexibility index (Phi) is 7.23. The number of aliphatic hydroxyl groups is 1. The van der Waals surface area contributed by atoms with Gasteiger partial charge in [-0.3, -0.25) is 4.99 Å². The van der Waals surface area contributed by atoms with Gasteiger partial charge in [-0.1, -0.05) is 18.2 Å². The molecule has 2 aliphatic carbocycles. The van der Waals surface area contributed by atoms with Gasteiger partial charge in [0.1, 0.15) is 0 Å². The molecule has 1 aromatic carbocycles. The first-order valence-corrected chi connectivity index (χ1v) is 10.5. The fourth-order valence-corrected chi connectivity index (χ4v) is 3.89. The number of aliphatic hydroxyl groups excluding tert-OH is 1. The molecule has 0 bridgehead atoms. The number of guanidine groups is 1. The predicted octanol–water partition coefficient (Wildman–Crippen LogP) is 2.65. The second-order valence-corrected chi connectivity index (χ2v) is 8.85. The van der Waals surface area contributed by atoms with Crippen LogP contribution < -0.4 is 10.6 Å². The van der Waals surface area contributed by atoms with E-state index >= 15 is 0 Å². The molecule has 1 aromatic rings. The van der Waals surface area contributed by atoms with Crippen LogP contribution in [-0.4, -0.2) is 54.8 Å². The second-order valence-electron chi connectivity index (χ2n) is 7.31. The third kappa shape index (κ3) is 6.82. The summed E-state index contributed by atoms with van der Waals surface area (Å²) in [5.74, 6) is 1.50. The summed E-state index contributed by atoms with van der Waals surface area (Å²) >= 11 is 1.93. The van der Waals surface area contributed by atoms with Crippen LogP contribution in [-0.2, 0) is 4.74 Å². The Bertz CT molecular complexity index is 574. The number of benzene rings is 1. The quantitative estimate of drug-likeness (QED) is 0.409. The predicted molar refractivity (Wildman–Crippen MR) is 108 cm³/mol. The topological polar surface area (TPSA) is 65.9 Å². The maximum Gasteiger partial charge on any atom is 0.191 e. The van der Waals surface area contributed by atoms with Gasteiger partial charge in [0.2, 0.25) is 0 Å². The monoisotopic (exact) mass is 377 g/mol. The van der Waals surface area contributed by atoms with Gasteiger partial charge < -0.3 is 20.5 Å². The maximum atomic E-state index is 10.1. The maximum absolute atomic E-state index is 10.1. The van der Waals surface area contributed by atoms with E-state index in [1.165, 1.54) is 30.6 Å². The molecule has 0 spiro atoms. The van der Waals surface area contributed by atoms with E-state index in [0.29, 0.717) is 13.2 Å². The molecule has 0 heterocycles. The summed E-state index contributed by atoms with van der Waals surface area (Å²) in [6.07, 6.45) is 4.44.